The van der Waals surface area contributed by atoms with Crippen LogP contribution in [0.5, 0.6) is 0 Å². The number of carbonyl (C=O) groups is 2. The maximum absolute atomic E-state index is 11.2. The van der Waals surface area contributed by atoms with Gasteiger partial charge in [0.05, 0.1) is 5.56 Å². The van der Waals surface area contributed by atoms with Gasteiger partial charge in [0, 0.05) is 13.0 Å². The smallest absolute Gasteiger partial charge is 0.335 e. The van der Waals surface area contributed by atoms with E-state index in [1.165, 1.54) is 19.1 Å². The van der Waals surface area contributed by atoms with Crippen LogP contribution in [0.25, 0.3) is 0 Å². The van der Waals surface area contributed by atoms with Crippen LogP contribution in [-0.4, -0.2) is 27.9 Å². The molecule has 0 aliphatic rings. The zero-order valence-electron chi connectivity index (χ0n) is 10.2. The Morgan fingerprint density at radius 3 is 2.59 bits per heavy atom. The first kappa shape index (κ1) is 13.2. The summed E-state index contributed by atoms with van der Waals surface area (Å²) in [6.07, 6.45) is 0.883. The van der Waals surface area contributed by atoms with E-state index < -0.39 is 5.97 Å². The summed E-state index contributed by atoms with van der Waals surface area (Å²) in [5.41, 5.74) is 0.228. The highest BCUT2D eigenvalue weighted by Gasteiger charge is 2.12. The van der Waals surface area contributed by atoms with Crippen molar-refractivity contribution in [2.75, 3.05) is 5.32 Å². The van der Waals surface area contributed by atoms with Crippen molar-refractivity contribution >= 4 is 17.6 Å². The average Bonchev–Trinajstić information content (AvgIpc) is 2.28. The quantitative estimate of drug-likeness (QED) is 0.766. The number of hydrogen-bond acceptors (Lipinski definition) is 4. The van der Waals surface area contributed by atoms with Gasteiger partial charge in [0.25, 0.3) is 0 Å². The molecule has 0 radical (unpaired) electrons. The lowest BCUT2D eigenvalue weighted by atomic mass is 10.1. The van der Waals surface area contributed by atoms with Crippen LogP contribution in [0, 0.1) is 0 Å². The number of ketones is 1. The molecule has 5 heteroatoms. The summed E-state index contributed by atoms with van der Waals surface area (Å²) in [5.74, 6) is -0.896. The lowest BCUT2D eigenvalue weighted by molar-refractivity contribution is 0.0697. The van der Waals surface area contributed by atoms with Gasteiger partial charge in [-0.3, -0.25) is 4.79 Å². The highest BCUT2D eigenvalue weighted by molar-refractivity contribution is 5.96. The molecule has 0 saturated carbocycles. The van der Waals surface area contributed by atoms with E-state index >= 15 is 0 Å². The number of pyridine rings is 1. The van der Waals surface area contributed by atoms with E-state index in [9.17, 15) is 9.59 Å². The molecule has 1 atom stereocenters. The minimum absolute atomic E-state index is 0.0657. The highest BCUT2D eigenvalue weighted by Crippen LogP contribution is 2.13. The van der Waals surface area contributed by atoms with Crippen LogP contribution in [0.1, 0.15) is 48.0 Å². The summed E-state index contributed by atoms with van der Waals surface area (Å²) in [6.45, 7) is 5.33. The topological polar surface area (TPSA) is 79.3 Å². The molecule has 2 N–H and O–H groups in total. The Hall–Kier alpha value is -1.91. The predicted octanol–water partition coefficient (Wildman–Crippen LogP) is 2.19. The molecule has 0 spiro atoms. The molecular formula is C12H16N2O3. The number of aromatic nitrogens is 1. The highest BCUT2D eigenvalue weighted by atomic mass is 16.4. The summed E-state index contributed by atoms with van der Waals surface area (Å²) in [6, 6.07) is 2.89. The molecule has 92 valence electrons. The number of nitrogens with one attached hydrogen (secondary N) is 1. The van der Waals surface area contributed by atoms with Gasteiger partial charge >= 0.3 is 5.97 Å². The molecule has 1 aromatic heterocycles. The maximum atomic E-state index is 11.2. The summed E-state index contributed by atoms with van der Waals surface area (Å²) in [4.78, 5) is 26.2. The largest absolute Gasteiger partial charge is 0.478 e. The number of rotatable bonds is 5. The van der Waals surface area contributed by atoms with Crippen molar-refractivity contribution in [2.45, 2.75) is 33.2 Å². The molecule has 0 saturated heterocycles. The van der Waals surface area contributed by atoms with Gasteiger partial charge in [0.15, 0.2) is 5.78 Å². The van der Waals surface area contributed by atoms with Crippen LogP contribution in [-0.2, 0) is 0 Å². The molecule has 0 aliphatic heterocycles. The van der Waals surface area contributed by atoms with Crippen LogP contribution in [0.3, 0.4) is 0 Å². The zero-order valence-corrected chi connectivity index (χ0v) is 10.2. The molecule has 0 aromatic carbocycles. The lowest BCUT2D eigenvalue weighted by Gasteiger charge is -2.13. The summed E-state index contributed by atoms with van der Waals surface area (Å²) >= 11 is 0. The fourth-order valence-corrected chi connectivity index (χ4v) is 1.26. The maximum Gasteiger partial charge on any atom is 0.335 e. The molecular weight excluding hydrogens is 220 g/mol. The second-order valence-corrected chi connectivity index (χ2v) is 3.94. The summed E-state index contributed by atoms with van der Waals surface area (Å²) < 4.78 is 0. The Balaban J connectivity index is 3.12. The molecule has 17 heavy (non-hydrogen) atoms. The Morgan fingerprint density at radius 2 is 2.12 bits per heavy atom. The minimum atomic E-state index is -1.07. The van der Waals surface area contributed by atoms with E-state index in [1.54, 1.807) is 0 Å². The SMILES string of the molecule is CCC(C)Nc1cc(C(=O)O)cc(C(C)=O)n1. The van der Waals surface area contributed by atoms with Gasteiger partial charge < -0.3 is 10.4 Å². The Morgan fingerprint density at radius 1 is 1.47 bits per heavy atom. The first-order chi connectivity index (χ1) is 7.93. The third-order valence-corrected chi connectivity index (χ3v) is 2.44. The standard InChI is InChI=1S/C12H16N2O3/c1-4-7(2)13-11-6-9(12(16)17)5-10(14-11)8(3)15/h5-7H,4H2,1-3H3,(H,13,14)(H,16,17). The molecule has 1 aromatic rings. The fourth-order valence-electron chi connectivity index (χ4n) is 1.26. The van der Waals surface area contributed by atoms with Gasteiger partial charge in [0.1, 0.15) is 11.5 Å². The number of carboxylic acids is 1. The third kappa shape index (κ3) is 3.55. The number of aromatic carboxylic acids is 1. The summed E-state index contributed by atoms with van der Waals surface area (Å²) in [7, 11) is 0. The van der Waals surface area contributed by atoms with Crippen molar-refractivity contribution in [1.82, 2.24) is 4.98 Å². The molecule has 1 rings (SSSR count). The van der Waals surface area contributed by atoms with Crippen LogP contribution in [0.4, 0.5) is 5.82 Å². The van der Waals surface area contributed by atoms with Gasteiger partial charge in [-0.15, -0.1) is 0 Å². The molecule has 1 unspecified atom stereocenters. The van der Waals surface area contributed by atoms with Crippen LogP contribution in [0.2, 0.25) is 0 Å². The molecule has 0 amide bonds. The predicted molar refractivity (Wildman–Crippen MR) is 64.6 cm³/mol. The molecule has 1 heterocycles. The van der Waals surface area contributed by atoms with Gasteiger partial charge in [-0.2, -0.15) is 0 Å². The van der Waals surface area contributed by atoms with E-state index in [0.717, 1.165) is 6.42 Å². The van der Waals surface area contributed by atoms with E-state index in [0.29, 0.717) is 5.82 Å². The molecule has 0 fully saturated rings. The first-order valence-corrected chi connectivity index (χ1v) is 5.47. The number of anilines is 1. The molecule has 0 aliphatic carbocycles. The summed E-state index contributed by atoms with van der Waals surface area (Å²) in [5, 5.41) is 12.0. The normalized spacial score (nSPS) is 11.9. The van der Waals surface area contributed by atoms with Crippen molar-refractivity contribution < 1.29 is 14.7 Å². The van der Waals surface area contributed by atoms with Crippen molar-refractivity contribution in [3.63, 3.8) is 0 Å². The second kappa shape index (κ2) is 5.43. The number of hydrogen-bond donors (Lipinski definition) is 2. The van der Waals surface area contributed by atoms with Crippen molar-refractivity contribution in [3.05, 3.63) is 23.4 Å². The van der Waals surface area contributed by atoms with Gasteiger partial charge in [-0.05, 0) is 25.5 Å². The lowest BCUT2D eigenvalue weighted by Crippen LogP contribution is -2.16. The third-order valence-electron chi connectivity index (χ3n) is 2.44. The van der Waals surface area contributed by atoms with E-state index in [2.05, 4.69) is 10.3 Å². The Kier molecular flexibility index (Phi) is 4.20. The molecule has 5 nitrogen and oxygen atoms in total. The first-order valence-electron chi connectivity index (χ1n) is 5.47. The van der Waals surface area contributed by atoms with Crippen molar-refractivity contribution in [2.24, 2.45) is 0 Å². The average molecular weight is 236 g/mol. The van der Waals surface area contributed by atoms with Gasteiger partial charge in [-0.1, -0.05) is 6.92 Å². The van der Waals surface area contributed by atoms with Crippen LogP contribution < -0.4 is 5.32 Å². The number of carbonyl (C=O) groups excluding carboxylic acids is 1. The van der Waals surface area contributed by atoms with E-state index in [1.807, 2.05) is 13.8 Å². The van der Waals surface area contributed by atoms with Gasteiger partial charge in [0.2, 0.25) is 0 Å². The molecule has 0 bridgehead atoms. The number of Topliss-reactive ketones (excluding diaryl/α,β-unsaturated/α-hetero) is 1. The van der Waals surface area contributed by atoms with E-state index in [-0.39, 0.29) is 23.1 Å². The van der Waals surface area contributed by atoms with Crippen molar-refractivity contribution in [3.8, 4) is 0 Å². The second-order valence-electron chi connectivity index (χ2n) is 3.94. The Labute approximate surface area is 99.9 Å². The Bertz CT molecular complexity index is 411. The number of carboxylic acid groups (broad SMARTS) is 1. The van der Waals surface area contributed by atoms with Crippen molar-refractivity contribution in [1.29, 1.82) is 0 Å². The zero-order chi connectivity index (χ0) is 13.0. The number of nitrogens with zero attached hydrogens (tertiary/aromatic N) is 1. The minimum Gasteiger partial charge on any atom is -0.478 e. The fraction of sp³-hybridized carbons (Fsp3) is 0.417. The van der Waals surface area contributed by atoms with E-state index in [4.69, 9.17) is 5.11 Å². The van der Waals surface area contributed by atoms with Crippen LogP contribution in [0.15, 0.2) is 12.1 Å². The van der Waals surface area contributed by atoms with Gasteiger partial charge in [-0.25, -0.2) is 9.78 Å². The van der Waals surface area contributed by atoms with Crippen LogP contribution >= 0.6 is 0 Å². The monoisotopic (exact) mass is 236 g/mol.